The Bertz CT molecular complexity index is 793. The molecule has 21 heavy (non-hydrogen) atoms. The summed E-state index contributed by atoms with van der Waals surface area (Å²) in [5.74, 6) is -0.725. The number of methoxy groups -OCH3 is 1. The van der Waals surface area contributed by atoms with E-state index in [1.165, 1.54) is 25.6 Å². The average molecular weight is 413 g/mol. The maximum absolute atomic E-state index is 12.3. The van der Waals surface area contributed by atoms with Gasteiger partial charge in [0.25, 0.3) is 10.0 Å². The molecule has 0 unspecified atom stereocenters. The molecule has 0 spiro atoms. The monoisotopic (exact) mass is 411 g/mol. The first kappa shape index (κ1) is 16.1. The lowest BCUT2D eigenvalue weighted by Crippen LogP contribution is -2.14. The van der Waals surface area contributed by atoms with Crippen LogP contribution in [0.15, 0.2) is 27.1 Å². The first-order valence-electron chi connectivity index (χ1n) is 5.22. The molecule has 0 aliphatic carbocycles. The Morgan fingerprint density at radius 1 is 1.43 bits per heavy atom. The van der Waals surface area contributed by atoms with Crippen molar-refractivity contribution >= 4 is 60.7 Å². The van der Waals surface area contributed by atoms with Crippen molar-refractivity contribution in [2.45, 2.75) is 4.90 Å². The number of halogens is 2. The largest absolute Gasteiger partial charge is 0.465 e. The molecule has 11 heteroatoms. The van der Waals surface area contributed by atoms with E-state index < -0.39 is 16.0 Å². The minimum absolute atomic E-state index is 0.0828. The van der Waals surface area contributed by atoms with Crippen molar-refractivity contribution < 1.29 is 17.9 Å². The summed E-state index contributed by atoms with van der Waals surface area (Å²) >= 11 is 9.80. The Balaban J connectivity index is 2.39. The summed E-state index contributed by atoms with van der Waals surface area (Å²) in [6, 6.07) is 1.20. The highest BCUT2D eigenvalue weighted by Crippen LogP contribution is 2.33. The van der Waals surface area contributed by atoms with Gasteiger partial charge < -0.3 is 4.74 Å². The van der Waals surface area contributed by atoms with Gasteiger partial charge in [-0.05, 0) is 22.0 Å². The van der Waals surface area contributed by atoms with Crippen LogP contribution in [0.5, 0.6) is 0 Å². The van der Waals surface area contributed by atoms with Gasteiger partial charge in [0.15, 0.2) is 11.0 Å². The van der Waals surface area contributed by atoms with Gasteiger partial charge in [-0.1, -0.05) is 11.6 Å². The number of esters is 1. The van der Waals surface area contributed by atoms with Crippen molar-refractivity contribution in [1.29, 1.82) is 0 Å². The molecule has 0 bridgehead atoms. The lowest BCUT2D eigenvalue weighted by atomic mass is 10.5. The van der Waals surface area contributed by atoms with E-state index in [-0.39, 0.29) is 24.5 Å². The topological polar surface area (TPSA) is 98.2 Å². The second-order valence-electron chi connectivity index (χ2n) is 3.54. The fourth-order valence-corrected chi connectivity index (χ4v) is 5.02. The molecule has 2 rings (SSSR count). The molecule has 0 fully saturated rings. The standard InChI is InChI=1S/C10H7BrClN3O4S2/c1-19-10(16)5-4-6(7(11)20-5)21(17,18)15-9-8(12)13-2-3-14-9/h2-4H,1H3,(H,14,15). The van der Waals surface area contributed by atoms with E-state index in [9.17, 15) is 13.2 Å². The quantitative estimate of drug-likeness (QED) is 0.775. The second kappa shape index (κ2) is 6.26. The zero-order chi connectivity index (χ0) is 15.6. The van der Waals surface area contributed by atoms with E-state index in [4.69, 9.17) is 11.6 Å². The van der Waals surface area contributed by atoms with Gasteiger partial charge in [0.05, 0.1) is 10.9 Å². The summed E-state index contributed by atoms with van der Waals surface area (Å²) in [7, 11) is -2.76. The van der Waals surface area contributed by atoms with Gasteiger partial charge in [-0.3, -0.25) is 4.72 Å². The van der Waals surface area contributed by atoms with Crippen molar-refractivity contribution in [2.24, 2.45) is 0 Å². The molecule has 0 atom stereocenters. The van der Waals surface area contributed by atoms with E-state index >= 15 is 0 Å². The van der Waals surface area contributed by atoms with Crippen LogP contribution in [-0.2, 0) is 14.8 Å². The summed E-state index contributed by atoms with van der Waals surface area (Å²) in [6.07, 6.45) is 2.63. The highest BCUT2D eigenvalue weighted by atomic mass is 79.9. The van der Waals surface area contributed by atoms with Crippen LogP contribution >= 0.6 is 38.9 Å². The molecule has 7 nitrogen and oxygen atoms in total. The van der Waals surface area contributed by atoms with Gasteiger partial charge in [0.2, 0.25) is 0 Å². The number of sulfonamides is 1. The number of nitrogens with zero attached hydrogens (tertiary/aromatic N) is 2. The van der Waals surface area contributed by atoms with Crippen LogP contribution in [0, 0.1) is 0 Å². The molecule has 2 aromatic heterocycles. The molecule has 2 heterocycles. The molecular weight excluding hydrogens is 406 g/mol. The van der Waals surface area contributed by atoms with Gasteiger partial charge in [-0.15, -0.1) is 11.3 Å². The van der Waals surface area contributed by atoms with Crippen LogP contribution in [0.2, 0.25) is 5.15 Å². The number of rotatable bonds is 4. The molecule has 2 aromatic rings. The molecule has 0 aromatic carbocycles. The van der Waals surface area contributed by atoms with Crippen molar-refractivity contribution in [3.63, 3.8) is 0 Å². The third-order valence-corrected chi connectivity index (χ3v) is 6.06. The van der Waals surface area contributed by atoms with Gasteiger partial charge in [0.1, 0.15) is 9.77 Å². The number of nitrogens with one attached hydrogen (secondary N) is 1. The summed E-state index contributed by atoms with van der Waals surface area (Å²) in [5, 5.41) is -0.0828. The zero-order valence-corrected chi connectivity index (χ0v) is 14.3. The number of aromatic nitrogens is 2. The first-order valence-corrected chi connectivity index (χ1v) is 8.69. The Morgan fingerprint density at radius 3 is 2.71 bits per heavy atom. The maximum Gasteiger partial charge on any atom is 0.348 e. The normalized spacial score (nSPS) is 11.2. The zero-order valence-electron chi connectivity index (χ0n) is 10.3. The van der Waals surface area contributed by atoms with E-state index in [2.05, 4.69) is 35.4 Å². The van der Waals surface area contributed by atoms with Crippen LogP contribution in [0.1, 0.15) is 9.67 Å². The highest BCUT2D eigenvalue weighted by molar-refractivity contribution is 9.11. The summed E-state index contributed by atoms with van der Waals surface area (Å²) in [6.45, 7) is 0. The van der Waals surface area contributed by atoms with Crippen molar-refractivity contribution in [3.8, 4) is 0 Å². The Morgan fingerprint density at radius 2 is 2.10 bits per heavy atom. The lowest BCUT2D eigenvalue weighted by Gasteiger charge is -2.06. The van der Waals surface area contributed by atoms with Crippen LogP contribution in [0.3, 0.4) is 0 Å². The fraction of sp³-hybridized carbons (Fsp3) is 0.100. The second-order valence-corrected chi connectivity index (χ2v) is 7.92. The molecule has 1 N–H and O–H groups in total. The predicted molar refractivity (Wildman–Crippen MR) is 81.2 cm³/mol. The molecule has 0 saturated carbocycles. The summed E-state index contributed by atoms with van der Waals surface area (Å²) in [4.78, 5) is 19.0. The molecule has 0 aliphatic rings. The summed E-state index contributed by atoms with van der Waals surface area (Å²) in [5.41, 5.74) is 0. The number of carbonyl (C=O) groups is 1. The number of thiophene rings is 1. The van der Waals surface area contributed by atoms with E-state index in [1.807, 2.05) is 0 Å². The molecule has 0 saturated heterocycles. The van der Waals surface area contributed by atoms with Crippen LogP contribution in [-0.4, -0.2) is 31.5 Å². The highest BCUT2D eigenvalue weighted by Gasteiger charge is 2.25. The molecule has 0 aliphatic heterocycles. The number of carbonyl (C=O) groups excluding carboxylic acids is 1. The fourth-order valence-electron chi connectivity index (χ4n) is 1.31. The number of anilines is 1. The molecule has 0 radical (unpaired) electrons. The van der Waals surface area contributed by atoms with Crippen molar-refractivity contribution in [1.82, 2.24) is 9.97 Å². The van der Waals surface area contributed by atoms with E-state index in [0.717, 1.165) is 11.3 Å². The first-order chi connectivity index (χ1) is 9.85. The van der Waals surface area contributed by atoms with Gasteiger partial charge >= 0.3 is 5.97 Å². The van der Waals surface area contributed by atoms with Gasteiger partial charge in [-0.2, -0.15) is 0 Å². The smallest absolute Gasteiger partial charge is 0.348 e. The number of ether oxygens (including phenoxy) is 1. The Kier molecular flexibility index (Phi) is 4.81. The molecule has 0 amide bonds. The van der Waals surface area contributed by atoms with Gasteiger partial charge in [-0.25, -0.2) is 23.2 Å². The van der Waals surface area contributed by atoms with Gasteiger partial charge in [0, 0.05) is 12.4 Å². The van der Waals surface area contributed by atoms with Crippen molar-refractivity contribution in [3.05, 3.63) is 32.3 Å². The number of hydrogen-bond donors (Lipinski definition) is 1. The minimum Gasteiger partial charge on any atom is -0.465 e. The third-order valence-electron chi connectivity index (χ3n) is 2.22. The van der Waals surface area contributed by atoms with Crippen LogP contribution in [0.25, 0.3) is 0 Å². The third kappa shape index (κ3) is 3.51. The molecule has 112 valence electrons. The minimum atomic E-state index is -3.97. The number of hydrogen-bond acceptors (Lipinski definition) is 7. The maximum atomic E-state index is 12.3. The van der Waals surface area contributed by atoms with Crippen LogP contribution in [0.4, 0.5) is 5.82 Å². The Labute approximate surface area is 137 Å². The lowest BCUT2D eigenvalue weighted by molar-refractivity contribution is 0.0606. The predicted octanol–water partition coefficient (Wildman–Crippen LogP) is 2.54. The van der Waals surface area contributed by atoms with E-state index in [0.29, 0.717) is 0 Å². The summed E-state index contributed by atoms with van der Waals surface area (Å²) < 4.78 is 31.6. The van der Waals surface area contributed by atoms with E-state index in [1.54, 1.807) is 0 Å². The van der Waals surface area contributed by atoms with Crippen LogP contribution < -0.4 is 4.72 Å². The Hall–Kier alpha value is -1.23. The average Bonchev–Trinajstić information content (AvgIpc) is 2.83. The SMILES string of the molecule is COC(=O)c1cc(S(=O)(=O)Nc2nccnc2Cl)c(Br)s1. The molecular formula is C10H7BrClN3O4S2. The van der Waals surface area contributed by atoms with Crippen molar-refractivity contribution in [2.75, 3.05) is 11.8 Å².